The highest BCUT2D eigenvalue weighted by atomic mass is 16.8. The maximum Gasteiger partial charge on any atom is 0.339 e. The molecule has 1 saturated heterocycles. The molecule has 0 aromatic heterocycles. The fraction of sp³-hybridized carbons (Fsp3) is 0.667. The summed E-state index contributed by atoms with van der Waals surface area (Å²) in [6.45, 7) is 10.2. The average Bonchev–Trinajstić information content (AvgIpc) is 3.52. The highest BCUT2D eigenvalue weighted by Gasteiger charge is 2.52. The van der Waals surface area contributed by atoms with Crippen LogP contribution in [0.4, 0.5) is 0 Å². The zero-order chi connectivity index (χ0) is 41.3. The Labute approximate surface area is 331 Å². The zero-order valence-corrected chi connectivity index (χ0v) is 33.9. The van der Waals surface area contributed by atoms with Crippen molar-refractivity contribution >= 4 is 29.8 Å². The molecule has 1 aromatic carbocycles. The molecule has 314 valence electrons. The van der Waals surface area contributed by atoms with Gasteiger partial charge in [0.1, 0.15) is 36.6 Å². The van der Waals surface area contributed by atoms with Crippen molar-refractivity contribution in [2.24, 2.45) is 0 Å². The molecule has 6 atom stereocenters. The van der Waals surface area contributed by atoms with Gasteiger partial charge in [-0.05, 0) is 70.7 Å². The van der Waals surface area contributed by atoms with Crippen LogP contribution in [0.25, 0.3) is 6.08 Å². The van der Waals surface area contributed by atoms with Crippen molar-refractivity contribution < 1.29 is 58.2 Å². The first-order chi connectivity index (χ1) is 26.7. The van der Waals surface area contributed by atoms with E-state index >= 15 is 0 Å². The maximum atomic E-state index is 14.0. The number of benzene rings is 1. The van der Waals surface area contributed by atoms with Crippen LogP contribution in [0.15, 0.2) is 42.2 Å². The molecule has 6 unspecified atom stereocenters. The molecule has 0 radical (unpaired) electrons. The summed E-state index contributed by atoms with van der Waals surface area (Å²) in [4.78, 5) is 53.4. The fourth-order valence-corrected chi connectivity index (χ4v) is 6.70. The SMILES string of the molecule is CCCCCC1(CCCCC)OC2C=C(C(=O)NC(C(=O)NC(CO)CCC(=O)OC(C)(C)C)C(C)O)CC(OC(=O)c3ccccc3C=COCCO)C2O1. The molecule has 56 heavy (non-hydrogen) atoms. The minimum atomic E-state index is -1.42. The fourth-order valence-electron chi connectivity index (χ4n) is 6.70. The number of aliphatic hydroxyl groups is 3. The Morgan fingerprint density at radius 2 is 1.68 bits per heavy atom. The second-order valence-electron chi connectivity index (χ2n) is 15.5. The number of hydrogen-bond acceptors (Lipinski definition) is 12. The minimum Gasteiger partial charge on any atom is -0.499 e. The van der Waals surface area contributed by atoms with Gasteiger partial charge in [0.25, 0.3) is 0 Å². The number of unbranched alkanes of at least 4 members (excludes halogenated alkanes) is 4. The van der Waals surface area contributed by atoms with Crippen molar-refractivity contribution in [1.82, 2.24) is 10.6 Å². The van der Waals surface area contributed by atoms with Crippen LogP contribution in [0.5, 0.6) is 0 Å². The number of aliphatic hydroxyl groups excluding tert-OH is 3. The third kappa shape index (κ3) is 14.6. The molecule has 1 fully saturated rings. The number of carbonyl (C=O) groups is 4. The molecule has 3 rings (SSSR count). The average molecular weight is 789 g/mol. The van der Waals surface area contributed by atoms with Gasteiger partial charge in [-0.2, -0.15) is 0 Å². The van der Waals surface area contributed by atoms with Crippen LogP contribution < -0.4 is 10.6 Å². The molecule has 2 amide bonds. The highest BCUT2D eigenvalue weighted by molar-refractivity contribution is 5.98. The summed E-state index contributed by atoms with van der Waals surface area (Å²) in [7, 11) is 0. The second kappa shape index (κ2) is 22.8. The summed E-state index contributed by atoms with van der Waals surface area (Å²) in [6.07, 6.45) is 7.74. The van der Waals surface area contributed by atoms with E-state index < -0.39 is 78.2 Å². The Bertz CT molecular complexity index is 1480. The first-order valence-electron chi connectivity index (χ1n) is 20.0. The number of rotatable bonds is 23. The van der Waals surface area contributed by atoms with E-state index in [1.54, 1.807) is 57.2 Å². The third-order valence-corrected chi connectivity index (χ3v) is 9.52. The van der Waals surface area contributed by atoms with Crippen LogP contribution in [-0.4, -0.2) is 107 Å². The molecule has 2 aliphatic rings. The van der Waals surface area contributed by atoms with E-state index in [4.69, 9.17) is 28.8 Å². The molecule has 5 N–H and O–H groups in total. The van der Waals surface area contributed by atoms with Crippen LogP contribution in [0.1, 0.15) is 128 Å². The molecular weight excluding hydrogens is 724 g/mol. The van der Waals surface area contributed by atoms with Gasteiger partial charge in [-0.25, -0.2) is 4.79 Å². The van der Waals surface area contributed by atoms with Gasteiger partial charge in [0.05, 0.1) is 37.2 Å². The normalized spacial score (nSPS) is 20.7. The van der Waals surface area contributed by atoms with Crippen molar-refractivity contribution in [3.63, 3.8) is 0 Å². The van der Waals surface area contributed by atoms with E-state index in [2.05, 4.69) is 24.5 Å². The van der Waals surface area contributed by atoms with E-state index in [-0.39, 0.29) is 43.6 Å². The summed E-state index contributed by atoms with van der Waals surface area (Å²) in [6, 6.07) is 4.53. The first-order valence-corrected chi connectivity index (χ1v) is 20.0. The monoisotopic (exact) mass is 788 g/mol. The van der Waals surface area contributed by atoms with Crippen molar-refractivity contribution in [2.75, 3.05) is 19.8 Å². The molecular formula is C42H64N2O12. The van der Waals surface area contributed by atoms with Crippen LogP contribution >= 0.6 is 0 Å². The largest absolute Gasteiger partial charge is 0.499 e. The quantitative estimate of drug-likeness (QED) is 0.0587. The smallest absolute Gasteiger partial charge is 0.339 e. The molecule has 1 heterocycles. The van der Waals surface area contributed by atoms with Crippen molar-refractivity contribution in [3.05, 3.63) is 53.3 Å². The van der Waals surface area contributed by atoms with E-state index in [9.17, 15) is 29.4 Å². The number of carbonyl (C=O) groups excluding carboxylic acids is 4. The maximum absolute atomic E-state index is 14.0. The van der Waals surface area contributed by atoms with Crippen LogP contribution in [0.3, 0.4) is 0 Å². The van der Waals surface area contributed by atoms with E-state index in [1.165, 1.54) is 13.2 Å². The number of hydrogen-bond donors (Lipinski definition) is 5. The summed E-state index contributed by atoms with van der Waals surface area (Å²) in [5.41, 5.74) is 0.256. The van der Waals surface area contributed by atoms with Crippen LogP contribution in [-0.2, 0) is 38.1 Å². The molecule has 0 spiro atoms. The second-order valence-corrected chi connectivity index (χ2v) is 15.5. The van der Waals surface area contributed by atoms with Crippen molar-refractivity contribution in [1.29, 1.82) is 0 Å². The number of nitrogens with one attached hydrogen (secondary N) is 2. The molecule has 1 aliphatic carbocycles. The summed E-state index contributed by atoms with van der Waals surface area (Å²) >= 11 is 0. The number of fused-ring (bicyclic) bond motifs is 1. The van der Waals surface area contributed by atoms with Gasteiger partial charge in [-0.3, -0.25) is 14.4 Å². The Morgan fingerprint density at radius 3 is 2.29 bits per heavy atom. The Morgan fingerprint density at radius 1 is 1.00 bits per heavy atom. The van der Waals surface area contributed by atoms with Gasteiger partial charge in [-0.1, -0.05) is 57.7 Å². The third-order valence-electron chi connectivity index (χ3n) is 9.52. The first kappa shape index (κ1) is 46.6. The molecule has 14 nitrogen and oxygen atoms in total. The van der Waals surface area contributed by atoms with Crippen LogP contribution in [0, 0.1) is 0 Å². The lowest BCUT2D eigenvalue weighted by Gasteiger charge is -2.32. The Hall–Kier alpha value is -3.82. The van der Waals surface area contributed by atoms with E-state index in [1.807, 2.05) is 0 Å². The predicted octanol–water partition coefficient (Wildman–Crippen LogP) is 4.63. The van der Waals surface area contributed by atoms with Gasteiger partial charge in [0, 0.05) is 31.3 Å². The van der Waals surface area contributed by atoms with Gasteiger partial charge >= 0.3 is 11.9 Å². The van der Waals surface area contributed by atoms with E-state index in [0.717, 1.165) is 38.5 Å². The molecule has 14 heteroatoms. The topological polar surface area (TPSA) is 199 Å². The predicted molar refractivity (Wildman–Crippen MR) is 209 cm³/mol. The lowest BCUT2D eigenvalue weighted by Crippen LogP contribution is -2.55. The number of esters is 2. The number of amides is 2. The lowest BCUT2D eigenvalue weighted by atomic mass is 9.91. The summed E-state index contributed by atoms with van der Waals surface area (Å²) in [5, 5.41) is 34.9. The van der Waals surface area contributed by atoms with Gasteiger partial charge in [-0.15, -0.1) is 0 Å². The number of ether oxygens (including phenoxy) is 5. The Kier molecular flexibility index (Phi) is 19.0. The Balaban J connectivity index is 1.87. The molecule has 0 saturated carbocycles. The van der Waals surface area contributed by atoms with E-state index in [0.29, 0.717) is 18.4 Å². The van der Waals surface area contributed by atoms with Crippen LogP contribution in [0.2, 0.25) is 0 Å². The standard InChI is InChI=1S/C42H64N2O12/c1-7-9-13-20-42(21-14-10-8-2)54-34-26-30(25-33(37(34)56-42)53-40(51)32-16-12-11-15-29(32)19-23-52-24-22-45)38(49)44-36(28(3)47)39(50)43-31(27-46)17-18-35(48)55-41(4,5)6/h11-12,15-16,19,23,26,28,31,33-34,36-37,45-47H,7-10,13-14,17-18,20-22,24-25,27H2,1-6H3,(H,43,50)(H,44,49). The summed E-state index contributed by atoms with van der Waals surface area (Å²) in [5.74, 6) is -3.53. The van der Waals surface area contributed by atoms with Gasteiger partial charge < -0.3 is 49.6 Å². The molecule has 1 aliphatic heterocycles. The van der Waals surface area contributed by atoms with Crippen molar-refractivity contribution in [3.8, 4) is 0 Å². The van der Waals surface area contributed by atoms with Gasteiger partial charge in [0.2, 0.25) is 11.8 Å². The minimum absolute atomic E-state index is 0.0664. The summed E-state index contributed by atoms with van der Waals surface area (Å²) < 4.78 is 30.1. The van der Waals surface area contributed by atoms with Gasteiger partial charge in [0.15, 0.2) is 5.79 Å². The lowest BCUT2D eigenvalue weighted by molar-refractivity contribution is -0.190. The molecule has 1 aromatic rings. The van der Waals surface area contributed by atoms with Crippen molar-refractivity contribution in [2.45, 2.75) is 160 Å². The highest BCUT2D eigenvalue weighted by Crippen LogP contribution is 2.43. The molecule has 0 bridgehead atoms. The zero-order valence-electron chi connectivity index (χ0n) is 33.9.